The number of nitrogen functional groups attached to an aromatic ring is 1. The van der Waals surface area contributed by atoms with Crippen LogP contribution in [0.15, 0.2) is 24.3 Å². The van der Waals surface area contributed by atoms with Gasteiger partial charge in [0.05, 0.1) is 0 Å². The summed E-state index contributed by atoms with van der Waals surface area (Å²) in [5, 5.41) is 2.72. The average Bonchev–Trinajstić information content (AvgIpc) is 2.44. The van der Waals surface area contributed by atoms with E-state index in [2.05, 4.69) is 10.3 Å². The van der Waals surface area contributed by atoms with Crippen LogP contribution in [-0.2, 0) is 0 Å². The number of anilines is 3. The lowest BCUT2D eigenvalue weighted by Gasteiger charge is -2.19. The van der Waals surface area contributed by atoms with Gasteiger partial charge in [0.2, 0.25) is 0 Å². The molecule has 7 heteroatoms. The van der Waals surface area contributed by atoms with Gasteiger partial charge in [-0.1, -0.05) is 0 Å². The van der Waals surface area contributed by atoms with E-state index in [1.165, 1.54) is 0 Å². The number of hydrogen-bond donors (Lipinski definition) is 2. The lowest BCUT2D eigenvalue weighted by Crippen LogP contribution is -2.15. The molecule has 20 heavy (non-hydrogen) atoms. The molecule has 2 heterocycles. The van der Waals surface area contributed by atoms with E-state index in [4.69, 9.17) is 15.2 Å². The molecule has 0 saturated carbocycles. The van der Waals surface area contributed by atoms with Crippen molar-refractivity contribution in [2.75, 3.05) is 24.3 Å². The lowest BCUT2D eigenvalue weighted by atomic mass is 10.2. The summed E-state index contributed by atoms with van der Waals surface area (Å²) >= 11 is 0. The number of hydrogen-bond acceptors (Lipinski definition) is 5. The average molecular weight is 279 g/mol. The molecule has 0 spiro atoms. The van der Waals surface area contributed by atoms with Crippen LogP contribution in [0.3, 0.4) is 0 Å². The van der Waals surface area contributed by atoms with E-state index in [-0.39, 0.29) is 11.6 Å². The van der Waals surface area contributed by atoms with Crippen LogP contribution < -0.4 is 20.5 Å². The Bertz CT molecular complexity index is 664. The van der Waals surface area contributed by atoms with Crippen LogP contribution in [0.25, 0.3) is 0 Å². The van der Waals surface area contributed by atoms with Gasteiger partial charge >= 0.3 is 0 Å². The van der Waals surface area contributed by atoms with E-state index >= 15 is 0 Å². The molecule has 0 unspecified atom stereocenters. The van der Waals surface area contributed by atoms with Gasteiger partial charge < -0.3 is 20.5 Å². The molecule has 0 amide bonds. The summed E-state index contributed by atoms with van der Waals surface area (Å²) in [4.78, 5) is 3.62. The van der Waals surface area contributed by atoms with Crippen LogP contribution in [0.1, 0.15) is 0 Å². The van der Waals surface area contributed by atoms with Gasteiger partial charge in [-0.25, -0.2) is 13.8 Å². The molecule has 3 N–H and O–H groups in total. The maximum Gasteiger partial charge on any atom is 0.169 e. The monoisotopic (exact) mass is 279 g/mol. The van der Waals surface area contributed by atoms with Gasteiger partial charge in [0.25, 0.3) is 0 Å². The van der Waals surface area contributed by atoms with E-state index in [0.29, 0.717) is 36.5 Å². The van der Waals surface area contributed by atoms with Crippen molar-refractivity contribution in [3.05, 3.63) is 35.9 Å². The van der Waals surface area contributed by atoms with Crippen molar-refractivity contribution in [3.63, 3.8) is 0 Å². The molecular formula is C13H11F2N3O2. The van der Waals surface area contributed by atoms with Crippen molar-refractivity contribution in [2.24, 2.45) is 0 Å². The molecule has 0 atom stereocenters. The first-order valence-electron chi connectivity index (χ1n) is 5.91. The van der Waals surface area contributed by atoms with Crippen LogP contribution in [-0.4, -0.2) is 18.2 Å². The third-order valence-electron chi connectivity index (χ3n) is 2.76. The molecule has 1 aromatic heterocycles. The summed E-state index contributed by atoms with van der Waals surface area (Å²) in [5.74, 6) is -1.07. The number of halogens is 2. The van der Waals surface area contributed by atoms with Crippen molar-refractivity contribution in [1.82, 2.24) is 4.98 Å². The summed E-state index contributed by atoms with van der Waals surface area (Å²) in [7, 11) is 0. The third kappa shape index (κ3) is 2.29. The lowest BCUT2D eigenvalue weighted by molar-refractivity contribution is 0.171. The predicted octanol–water partition coefficient (Wildman–Crippen LogP) is 2.46. The van der Waals surface area contributed by atoms with E-state index in [1.54, 1.807) is 18.2 Å². The SMILES string of the molecule is Nc1nc(Nc2ccc3c(c2)OCCO3)c(F)cc1F. The van der Waals surface area contributed by atoms with Crippen molar-refractivity contribution in [2.45, 2.75) is 0 Å². The number of aromatic nitrogens is 1. The standard InChI is InChI=1S/C13H11F2N3O2/c14-8-6-9(15)13(18-12(8)16)17-7-1-2-10-11(5-7)20-4-3-19-10/h1-2,5-6H,3-4H2,(H3,16,17,18). The minimum atomic E-state index is -0.893. The van der Waals surface area contributed by atoms with Crippen LogP contribution in [0.4, 0.5) is 26.1 Å². The van der Waals surface area contributed by atoms with E-state index < -0.39 is 11.6 Å². The molecule has 1 aliphatic heterocycles. The van der Waals surface area contributed by atoms with Gasteiger partial charge in [0.1, 0.15) is 13.2 Å². The Morgan fingerprint density at radius 3 is 2.60 bits per heavy atom. The Balaban J connectivity index is 1.89. The Morgan fingerprint density at radius 1 is 1.05 bits per heavy atom. The number of ether oxygens (including phenoxy) is 2. The number of fused-ring (bicyclic) bond motifs is 1. The van der Waals surface area contributed by atoms with Gasteiger partial charge in [-0.3, -0.25) is 0 Å². The fraction of sp³-hybridized carbons (Fsp3) is 0.154. The minimum Gasteiger partial charge on any atom is -0.486 e. The zero-order valence-corrected chi connectivity index (χ0v) is 10.3. The number of rotatable bonds is 2. The zero-order chi connectivity index (χ0) is 14.1. The second-order valence-corrected chi connectivity index (χ2v) is 4.17. The zero-order valence-electron chi connectivity index (χ0n) is 10.3. The van der Waals surface area contributed by atoms with Gasteiger partial charge in [-0.05, 0) is 12.1 Å². The highest BCUT2D eigenvalue weighted by atomic mass is 19.1. The van der Waals surface area contributed by atoms with Crippen molar-refractivity contribution >= 4 is 17.3 Å². The first kappa shape index (κ1) is 12.5. The minimum absolute atomic E-state index is 0.152. The molecule has 1 aromatic carbocycles. The summed E-state index contributed by atoms with van der Waals surface area (Å²) in [6.45, 7) is 0.941. The smallest absolute Gasteiger partial charge is 0.169 e. The number of nitrogens with one attached hydrogen (secondary N) is 1. The molecule has 0 bridgehead atoms. The highest BCUT2D eigenvalue weighted by Gasteiger charge is 2.14. The third-order valence-corrected chi connectivity index (χ3v) is 2.76. The quantitative estimate of drug-likeness (QED) is 0.883. The number of nitrogens with zero attached hydrogens (tertiary/aromatic N) is 1. The van der Waals surface area contributed by atoms with Gasteiger partial charge in [0.15, 0.2) is 34.8 Å². The van der Waals surface area contributed by atoms with E-state index in [9.17, 15) is 8.78 Å². The first-order chi connectivity index (χ1) is 9.63. The summed E-state index contributed by atoms with van der Waals surface area (Å²) in [5.41, 5.74) is 5.85. The van der Waals surface area contributed by atoms with E-state index in [1.807, 2.05) is 0 Å². The summed E-state index contributed by atoms with van der Waals surface area (Å²) in [6, 6.07) is 5.70. The molecule has 5 nitrogen and oxygen atoms in total. The number of pyridine rings is 1. The summed E-state index contributed by atoms with van der Waals surface area (Å²) < 4.78 is 37.4. The van der Waals surface area contributed by atoms with E-state index in [0.717, 1.165) is 0 Å². The predicted molar refractivity (Wildman–Crippen MR) is 69.3 cm³/mol. The number of nitrogens with two attached hydrogens (primary N) is 1. The maximum absolute atomic E-state index is 13.6. The second-order valence-electron chi connectivity index (χ2n) is 4.17. The van der Waals surface area contributed by atoms with Gasteiger partial charge in [-0.15, -0.1) is 0 Å². The Kier molecular flexibility index (Phi) is 3.02. The maximum atomic E-state index is 13.6. The second kappa shape index (κ2) is 4.84. The molecular weight excluding hydrogens is 268 g/mol. The fourth-order valence-corrected chi connectivity index (χ4v) is 1.83. The van der Waals surface area contributed by atoms with Gasteiger partial charge in [0, 0.05) is 17.8 Å². The molecule has 0 aliphatic carbocycles. The largest absolute Gasteiger partial charge is 0.486 e. The Hall–Kier alpha value is -2.57. The van der Waals surface area contributed by atoms with Crippen molar-refractivity contribution in [3.8, 4) is 11.5 Å². The van der Waals surface area contributed by atoms with Crippen LogP contribution in [0.2, 0.25) is 0 Å². The molecule has 3 rings (SSSR count). The summed E-state index contributed by atoms with van der Waals surface area (Å²) in [6.07, 6.45) is 0. The van der Waals surface area contributed by atoms with Crippen molar-refractivity contribution in [1.29, 1.82) is 0 Å². The normalized spacial score (nSPS) is 13.1. The first-order valence-corrected chi connectivity index (χ1v) is 5.91. The number of benzene rings is 1. The molecule has 1 aliphatic rings. The van der Waals surface area contributed by atoms with Crippen LogP contribution >= 0.6 is 0 Å². The van der Waals surface area contributed by atoms with Crippen LogP contribution in [0.5, 0.6) is 11.5 Å². The van der Waals surface area contributed by atoms with Crippen LogP contribution in [0, 0.1) is 11.6 Å². The Labute approximate surface area is 113 Å². The molecule has 104 valence electrons. The molecule has 0 radical (unpaired) electrons. The fourth-order valence-electron chi connectivity index (χ4n) is 1.83. The highest BCUT2D eigenvalue weighted by molar-refractivity contribution is 5.62. The van der Waals surface area contributed by atoms with Crippen molar-refractivity contribution < 1.29 is 18.3 Å². The highest BCUT2D eigenvalue weighted by Crippen LogP contribution is 2.33. The molecule has 0 fully saturated rings. The topological polar surface area (TPSA) is 69.4 Å². The molecule has 2 aromatic rings. The van der Waals surface area contributed by atoms with Gasteiger partial charge in [-0.2, -0.15) is 0 Å². The molecule has 0 saturated heterocycles. The Morgan fingerprint density at radius 2 is 1.80 bits per heavy atom.